The number of amides is 1. The first-order valence-electron chi connectivity index (χ1n) is 9.83. The summed E-state index contributed by atoms with van der Waals surface area (Å²) in [4.78, 5) is 23.8. The minimum absolute atomic E-state index is 0.266. The number of ether oxygens (including phenoxy) is 1. The number of hydrogen-bond acceptors (Lipinski definition) is 3. The largest absolute Gasteiger partial charge is 0.444 e. The summed E-state index contributed by atoms with van der Waals surface area (Å²) in [6, 6.07) is 6.28. The highest BCUT2D eigenvalue weighted by atomic mass is 16.6. The van der Waals surface area contributed by atoms with E-state index in [4.69, 9.17) is 10.5 Å². The molecule has 1 saturated heterocycles. The number of benzene rings is 1. The van der Waals surface area contributed by atoms with E-state index in [1.165, 1.54) is 16.5 Å². The highest BCUT2D eigenvalue weighted by Crippen LogP contribution is 2.22. The van der Waals surface area contributed by atoms with E-state index in [-0.39, 0.29) is 6.09 Å². The molecule has 0 saturated carbocycles. The summed E-state index contributed by atoms with van der Waals surface area (Å²) in [6.45, 7) is 10.9. The molecule has 7 nitrogen and oxygen atoms in total. The van der Waals surface area contributed by atoms with Crippen LogP contribution in [0.3, 0.4) is 0 Å². The van der Waals surface area contributed by atoms with E-state index in [1.807, 2.05) is 25.7 Å². The average Bonchev–Trinajstić information content (AvgIpc) is 3.05. The van der Waals surface area contributed by atoms with Gasteiger partial charge in [-0.1, -0.05) is 12.1 Å². The molecule has 0 radical (unpaired) electrons. The predicted octanol–water partition coefficient (Wildman–Crippen LogP) is 2.89. The summed E-state index contributed by atoms with van der Waals surface area (Å²) in [5, 5.41) is 1.28. The molecule has 7 heteroatoms. The molecule has 1 aromatic heterocycles. The number of aryl methyl sites for hydroxylation is 1. The number of guanidine groups is 1. The first kappa shape index (κ1) is 20.0. The summed E-state index contributed by atoms with van der Waals surface area (Å²) in [5.74, 6) is 0.542. The topological polar surface area (TPSA) is 87.0 Å². The summed E-state index contributed by atoms with van der Waals surface area (Å²) >= 11 is 0. The van der Waals surface area contributed by atoms with E-state index in [0.29, 0.717) is 38.7 Å². The number of piperazine rings is 1. The van der Waals surface area contributed by atoms with E-state index < -0.39 is 5.60 Å². The number of rotatable bonds is 3. The quantitative estimate of drug-likeness (QED) is 0.628. The van der Waals surface area contributed by atoms with Crippen molar-refractivity contribution in [1.82, 2.24) is 14.8 Å². The zero-order valence-corrected chi connectivity index (χ0v) is 17.3. The van der Waals surface area contributed by atoms with Gasteiger partial charge in [0.05, 0.1) is 0 Å². The smallest absolute Gasteiger partial charge is 0.410 e. The van der Waals surface area contributed by atoms with Gasteiger partial charge in [-0.25, -0.2) is 4.79 Å². The lowest BCUT2D eigenvalue weighted by atomic mass is 10.1. The van der Waals surface area contributed by atoms with Gasteiger partial charge in [-0.3, -0.25) is 4.99 Å². The molecule has 3 rings (SSSR count). The lowest BCUT2D eigenvalue weighted by molar-refractivity contribution is 0.0186. The van der Waals surface area contributed by atoms with Crippen molar-refractivity contribution in [2.45, 2.75) is 39.7 Å². The van der Waals surface area contributed by atoms with Gasteiger partial charge in [0.25, 0.3) is 0 Å². The van der Waals surface area contributed by atoms with Crippen LogP contribution in [-0.4, -0.2) is 65.2 Å². The lowest BCUT2D eigenvalue weighted by Gasteiger charge is -2.36. The zero-order valence-electron chi connectivity index (χ0n) is 17.3. The standard InChI is InChI=1S/C21H31N5O2/c1-15-6-5-7-17-18(15)16(14-24-17)8-9-23-19(22)25-10-12-26(13-11-25)20(27)28-21(2,3)4/h5-7,14,24H,8-13H2,1-4H3,(H2,22,23). The normalized spacial score (nSPS) is 15.9. The van der Waals surface area contributed by atoms with Crippen LogP contribution in [0.1, 0.15) is 31.9 Å². The molecule has 0 spiro atoms. The molecule has 2 aromatic rings. The van der Waals surface area contributed by atoms with Crippen LogP contribution in [0.5, 0.6) is 0 Å². The maximum absolute atomic E-state index is 12.1. The van der Waals surface area contributed by atoms with Gasteiger partial charge in [-0.15, -0.1) is 0 Å². The molecule has 1 aromatic carbocycles. The molecule has 1 fully saturated rings. The van der Waals surface area contributed by atoms with Crippen LogP contribution in [-0.2, 0) is 11.2 Å². The molecule has 0 aliphatic carbocycles. The molecule has 3 N–H and O–H groups in total. The van der Waals surface area contributed by atoms with E-state index >= 15 is 0 Å². The van der Waals surface area contributed by atoms with Gasteiger partial charge in [0, 0.05) is 49.8 Å². The third-order valence-electron chi connectivity index (χ3n) is 4.91. The van der Waals surface area contributed by atoms with Crippen LogP contribution < -0.4 is 5.73 Å². The van der Waals surface area contributed by atoms with Crippen molar-refractivity contribution in [2.75, 3.05) is 32.7 Å². The number of aliphatic imine (C=N–C) groups is 1. The molecule has 2 heterocycles. The van der Waals surface area contributed by atoms with E-state index in [9.17, 15) is 4.79 Å². The Morgan fingerprint density at radius 2 is 1.89 bits per heavy atom. The monoisotopic (exact) mass is 385 g/mol. The Morgan fingerprint density at radius 3 is 2.57 bits per heavy atom. The molecule has 0 bridgehead atoms. The maximum atomic E-state index is 12.1. The molecule has 0 unspecified atom stereocenters. The van der Waals surface area contributed by atoms with Gasteiger partial charge in [0.2, 0.25) is 0 Å². The first-order chi connectivity index (χ1) is 13.2. The second-order valence-electron chi connectivity index (χ2n) is 8.26. The van der Waals surface area contributed by atoms with Crippen LogP contribution in [0.15, 0.2) is 29.4 Å². The van der Waals surface area contributed by atoms with Crippen molar-refractivity contribution in [1.29, 1.82) is 0 Å². The van der Waals surface area contributed by atoms with Crippen LogP contribution in [0, 0.1) is 6.92 Å². The molecular formula is C21H31N5O2. The second kappa shape index (κ2) is 8.12. The number of hydrogen-bond donors (Lipinski definition) is 2. The van der Waals surface area contributed by atoms with Crippen molar-refractivity contribution >= 4 is 23.0 Å². The number of nitrogens with two attached hydrogens (primary N) is 1. The Kier molecular flexibility index (Phi) is 5.82. The van der Waals surface area contributed by atoms with Gasteiger partial charge >= 0.3 is 6.09 Å². The van der Waals surface area contributed by atoms with E-state index in [0.717, 1.165) is 11.9 Å². The van der Waals surface area contributed by atoms with Crippen LogP contribution >= 0.6 is 0 Å². The summed E-state index contributed by atoms with van der Waals surface area (Å²) < 4.78 is 5.43. The van der Waals surface area contributed by atoms with Crippen molar-refractivity contribution in [3.8, 4) is 0 Å². The van der Waals surface area contributed by atoms with Crippen LogP contribution in [0.2, 0.25) is 0 Å². The molecule has 1 amide bonds. The summed E-state index contributed by atoms with van der Waals surface area (Å²) in [7, 11) is 0. The minimum atomic E-state index is -0.477. The number of aromatic nitrogens is 1. The fraction of sp³-hybridized carbons (Fsp3) is 0.524. The number of H-pyrrole nitrogens is 1. The average molecular weight is 386 g/mol. The number of fused-ring (bicyclic) bond motifs is 1. The van der Waals surface area contributed by atoms with Gasteiger partial charge < -0.3 is 25.3 Å². The molecule has 1 aliphatic rings. The predicted molar refractivity (Wildman–Crippen MR) is 113 cm³/mol. The Morgan fingerprint density at radius 1 is 1.21 bits per heavy atom. The SMILES string of the molecule is Cc1cccc2[nH]cc(CCN=C(N)N3CCN(C(=O)OC(C)(C)C)CC3)c12. The lowest BCUT2D eigenvalue weighted by Crippen LogP contribution is -2.53. The van der Waals surface area contributed by atoms with Crippen molar-refractivity contribution in [2.24, 2.45) is 10.7 Å². The fourth-order valence-electron chi connectivity index (χ4n) is 3.48. The van der Waals surface area contributed by atoms with Crippen molar-refractivity contribution in [3.05, 3.63) is 35.5 Å². The maximum Gasteiger partial charge on any atom is 0.410 e. The zero-order chi connectivity index (χ0) is 20.3. The molecule has 28 heavy (non-hydrogen) atoms. The first-order valence-corrected chi connectivity index (χ1v) is 9.83. The van der Waals surface area contributed by atoms with Crippen LogP contribution in [0.4, 0.5) is 4.79 Å². The van der Waals surface area contributed by atoms with Gasteiger partial charge in [-0.2, -0.15) is 0 Å². The highest BCUT2D eigenvalue weighted by Gasteiger charge is 2.26. The summed E-state index contributed by atoms with van der Waals surface area (Å²) in [5.41, 5.74) is 9.40. The third kappa shape index (κ3) is 4.77. The fourth-order valence-corrected chi connectivity index (χ4v) is 3.48. The highest BCUT2D eigenvalue weighted by molar-refractivity contribution is 5.86. The van der Waals surface area contributed by atoms with Gasteiger partial charge in [0.1, 0.15) is 5.60 Å². The molecule has 1 aliphatic heterocycles. The Hall–Kier alpha value is -2.70. The number of carbonyl (C=O) groups is 1. The van der Waals surface area contributed by atoms with Gasteiger partial charge in [-0.05, 0) is 51.3 Å². The number of nitrogens with zero attached hydrogens (tertiary/aromatic N) is 3. The molecular weight excluding hydrogens is 354 g/mol. The van der Waals surface area contributed by atoms with Gasteiger partial charge in [0.15, 0.2) is 5.96 Å². The van der Waals surface area contributed by atoms with E-state index in [1.54, 1.807) is 4.90 Å². The Bertz CT molecular complexity index is 857. The summed E-state index contributed by atoms with van der Waals surface area (Å²) in [6.07, 6.45) is 2.63. The van der Waals surface area contributed by atoms with Crippen molar-refractivity contribution in [3.63, 3.8) is 0 Å². The molecule has 0 atom stereocenters. The number of nitrogens with one attached hydrogen (secondary N) is 1. The Labute approximate surface area is 166 Å². The Balaban J connectivity index is 1.52. The number of aromatic amines is 1. The van der Waals surface area contributed by atoms with Crippen LogP contribution in [0.25, 0.3) is 10.9 Å². The van der Waals surface area contributed by atoms with E-state index in [2.05, 4.69) is 41.3 Å². The van der Waals surface area contributed by atoms with Crippen molar-refractivity contribution < 1.29 is 9.53 Å². The second-order valence-corrected chi connectivity index (χ2v) is 8.26. The number of carbonyl (C=O) groups excluding carboxylic acids is 1. The third-order valence-corrected chi connectivity index (χ3v) is 4.91. The molecule has 152 valence electrons. The minimum Gasteiger partial charge on any atom is -0.444 e.